The second-order valence-corrected chi connectivity index (χ2v) is 4.30. The predicted octanol–water partition coefficient (Wildman–Crippen LogP) is 3.81. The Balaban J connectivity index is 3.14. The molecule has 11 heavy (non-hydrogen) atoms. The molecule has 0 aliphatic rings. The normalized spacial score (nSPS) is 11.6. The third-order valence-corrected chi connectivity index (χ3v) is 2.05. The van der Waals surface area contributed by atoms with Gasteiger partial charge in [-0.05, 0) is 25.5 Å². The summed E-state index contributed by atoms with van der Waals surface area (Å²) >= 11 is 12.0. The zero-order valence-electron chi connectivity index (χ0n) is 6.57. The van der Waals surface area contributed by atoms with Crippen molar-refractivity contribution in [1.82, 2.24) is 0 Å². The summed E-state index contributed by atoms with van der Waals surface area (Å²) in [6.45, 7) is 3.85. The zero-order chi connectivity index (χ0) is 8.48. The summed E-state index contributed by atoms with van der Waals surface area (Å²) in [5, 5.41) is 0.729. The van der Waals surface area contributed by atoms with Crippen molar-refractivity contribution in [1.29, 1.82) is 0 Å². The Labute approximate surface area is 77.1 Å². The smallest absolute Gasteiger partial charge is 0.0653 e. The topological polar surface area (TPSA) is 0 Å². The maximum absolute atomic E-state index is 6.08. The van der Waals surface area contributed by atoms with Crippen LogP contribution in [-0.2, 0) is 4.87 Å². The largest absolute Gasteiger partial charge is 0.115 e. The van der Waals surface area contributed by atoms with E-state index in [-0.39, 0.29) is 4.87 Å². The highest BCUT2D eigenvalue weighted by atomic mass is 35.5. The van der Waals surface area contributed by atoms with Crippen molar-refractivity contribution >= 4 is 23.2 Å². The molecule has 0 amide bonds. The van der Waals surface area contributed by atoms with Crippen LogP contribution < -0.4 is 0 Å². The van der Waals surface area contributed by atoms with Crippen molar-refractivity contribution in [3.8, 4) is 0 Å². The number of alkyl halides is 1. The molecule has 0 nitrogen and oxygen atoms in total. The maximum Gasteiger partial charge on any atom is 0.0653 e. The lowest BCUT2D eigenvalue weighted by molar-refractivity contribution is 0.766. The van der Waals surface area contributed by atoms with Crippen LogP contribution in [0.4, 0.5) is 0 Å². The molecule has 0 atom stereocenters. The van der Waals surface area contributed by atoms with Crippen LogP contribution in [-0.4, -0.2) is 0 Å². The molecule has 1 aromatic rings. The molecule has 0 heterocycles. The fourth-order valence-electron chi connectivity index (χ4n) is 0.943. The third kappa shape index (κ3) is 2.11. The van der Waals surface area contributed by atoms with Gasteiger partial charge >= 0.3 is 0 Å². The van der Waals surface area contributed by atoms with Gasteiger partial charge in [-0.3, -0.25) is 0 Å². The molecule has 0 fully saturated rings. The SMILES string of the molecule is CC(C)(Cl)c1ccccc1Cl. The third-order valence-electron chi connectivity index (χ3n) is 1.51. The first-order valence-electron chi connectivity index (χ1n) is 3.46. The molecule has 0 saturated heterocycles. The second-order valence-electron chi connectivity index (χ2n) is 2.95. The first-order chi connectivity index (χ1) is 5.02. The van der Waals surface area contributed by atoms with E-state index in [1.807, 2.05) is 38.1 Å². The van der Waals surface area contributed by atoms with Gasteiger partial charge in [0, 0.05) is 5.02 Å². The minimum absolute atomic E-state index is 0.377. The Morgan fingerprint density at radius 2 is 1.73 bits per heavy atom. The molecule has 0 unspecified atom stereocenters. The average Bonchev–Trinajstić information content (AvgIpc) is 1.86. The van der Waals surface area contributed by atoms with E-state index in [1.54, 1.807) is 0 Å². The number of hydrogen-bond acceptors (Lipinski definition) is 0. The van der Waals surface area contributed by atoms with E-state index in [0.29, 0.717) is 0 Å². The molecule has 0 aliphatic heterocycles. The van der Waals surface area contributed by atoms with Gasteiger partial charge in [-0.1, -0.05) is 29.8 Å². The van der Waals surface area contributed by atoms with E-state index in [9.17, 15) is 0 Å². The Kier molecular flexibility index (Phi) is 2.46. The molecule has 0 aliphatic carbocycles. The molecule has 0 saturated carbocycles. The average molecular weight is 189 g/mol. The van der Waals surface area contributed by atoms with E-state index in [1.165, 1.54) is 0 Å². The molecular formula is C9H10Cl2. The minimum Gasteiger partial charge on any atom is -0.115 e. The van der Waals surface area contributed by atoms with Crippen molar-refractivity contribution in [3.05, 3.63) is 34.9 Å². The van der Waals surface area contributed by atoms with Crippen LogP contribution >= 0.6 is 23.2 Å². The minimum atomic E-state index is -0.377. The van der Waals surface area contributed by atoms with Crippen LogP contribution in [0.1, 0.15) is 19.4 Å². The lowest BCUT2D eigenvalue weighted by Gasteiger charge is -2.17. The van der Waals surface area contributed by atoms with E-state index in [0.717, 1.165) is 10.6 Å². The Hall–Kier alpha value is -0.200. The first kappa shape index (κ1) is 8.89. The predicted molar refractivity (Wildman–Crippen MR) is 50.3 cm³/mol. The van der Waals surface area contributed by atoms with Crippen LogP contribution in [0.5, 0.6) is 0 Å². The van der Waals surface area contributed by atoms with Gasteiger partial charge in [-0.2, -0.15) is 0 Å². The molecule has 0 aromatic heterocycles. The molecule has 0 radical (unpaired) electrons. The molecule has 2 heteroatoms. The summed E-state index contributed by atoms with van der Waals surface area (Å²) in [6, 6.07) is 7.62. The van der Waals surface area contributed by atoms with Crippen molar-refractivity contribution in [2.75, 3.05) is 0 Å². The Bertz CT molecular complexity index is 248. The summed E-state index contributed by atoms with van der Waals surface area (Å²) in [5.41, 5.74) is 0.975. The summed E-state index contributed by atoms with van der Waals surface area (Å²) in [5.74, 6) is 0. The molecule has 60 valence electrons. The fraction of sp³-hybridized carbons (Fsp3) is 0.333. The Morgan fingerprint density at radius 1 is 1.18 bits per heavy atom. The van der Waals surface area contributed by atoms with Gasteiger partial charge < -0.3 is 0 Å². The maximum atomic E-state index is 6.08. The van der Waals surface area contributed by atoms with Crippen LogP contribution in [0.15, 0.2) is 24.3 Å². The lowest BCUT2D eigenvalue weighted by atomic mass is 10.0. The molecule has 0 N–H and O–H groups in total. The van der Waals surface area contributed by atoms with Gasteiger partial charge in [0.2, 0.25) is 0 Å². The quantitative estimate of drug-likeness (QED) is 0.589. The van der Waals surface area contributed by atoms with Gasteiger partial charge in [-0.25, -0.2) is 0 Å². The highest BCUT2D eigenvalue weighted by molar-refractivity contribution is 6.33. The Morgan fingerprint density at radius 3 is 2.09 bits per heavy atom. The van der Waals surface area contributed by atoms with Crippen LogP contribution in [0.25, 0.3) is 0 Å². The number of halogens is 2. The second kappa shape index (κ2) is 3.04. The van der Waals surface area contributed by atoms with Crippen molar-refractivity contribution in [2.24, 2.45) is 0 Å². The summed E-state index contributed by atoms with van der Waals surface area (Å²) < 4.78 is 0. The summed E-state index contributed by atoms with van der Waals surface area (Å²) in [7, 11) is 0. The van der Waals surface area contributed by atoms with Gasteiger partial charge in [0.15, 0.2) is 0 Å². The zero-order valence-corrected chi connectivity index (χ0v) is 8.08. The van der Waals surface area contributed by atoms with E-state index in [4.69, 9.17) is 23.2 Å². The van der Waals surface area contributed by atoms with Crippen LogP contribution in [0.3, 0.4) is 0 Å². The van der Waals surface area contributed by atoms with E-state index in [2.05, 4.69) is 0 Å². The van der Waals surface area contributed by atoms with Gasteiger partial charge in [0.1, 0.15) is 0 Å². The van der Waals surface area contributed by atoms with Crippen molar-refractivity contribution in [2.45, 2.75) is 18.7 Å². The molecular weight excluding hydrogens is 179 g/mol. The molecule has 0 spiro atoms. The number of hydrogen-bond donors (Lipinski definition) is 0. The number of rotatable bonds is 1. The van der Waals surface area contributed by atoms with Gasteiger partial charge in [-0.15, -0.1) is 11.6 Å². The van der Waals surface area contributed by atoms with Crippen molar-refractivity contribution < 1.29 is 0 Å². The number of benzene rings is 1. The first-order valence-corrected chi connectivity index (χ1v) is 4.21. The van der Waals surface area contributed by atoms with Crippen LogP contribution in [0.2, 0.25) is 5.02 Å². The van der Waals surface area contributed by atoms with Crippen LogP contribution in [0, 0.1) is 0 Å². The highest BCUT2D eigenvalue weighted by Crippen LogP contribution is 2.32. The molecule has 1 rings (SSSR count). The summed E-state index contributed by atoms with van der Waals surface area (Å²) in [4.78, 5) is -0.377. The molecule has 0 bridgehead atoms. The van der Waals surface area contributed by atoms with Gasteiger partial charge in [0.25, 0.3) is 0 Å². The molecule has 1 aromatic carbocycles. The van der Waals surface area contributed by atoms with E-state index >= 15 is 0 Å². The van der Waals surface area contributed by atoms with E-state index < -0.39 is 0 Å². The lowest BCUT2D eigenvalue weighted by Crippen LogP contribution is -2.07. The summed E-state index contributed by atoms with van der Waals surface area (Å²) in [6.07, 6.45) is 0. The fourth-order valence-corrected chi connectivity index (χ4v) is 1.53. The standard InChI is InChI=1S/C9H10Cl2/c1-9(2,11)7-5-3-4-6-8(7)10/h3-6H,1-2H3. The van der Waals surface area contributed by atoms with Gasteiger partial charge in [0.05, 0.1) is 4.87 Å². The highest BCUT2D eigenvalue weighted by Gasteiger charge is 2.18. The monoisotopic (exact) mass is 188 g/mol. The van der Waals surface area contributed by atoms with Crippen molar-refractivity contribution in [3.63, 3.8) is 0 Å².